The van der Waals surface area contributed by atoms with Crippen molar-refractivity contribution in [3.63, 3.8) is 0 Å². The third-order valence-corrected chi connectivity index (χ3v) is 3.69. The van der Waals surface area contributed by atoms with Gasteiger partial charge in [-0.25, -0.2) is 4.98 Å². The minimum Gasteiger partial charge on any atom is -0.363 e. The van der Waals surface area contributed by atoms with Crippen molar-refractivity contribution in [2.45, 2.75) is 24.6 Å². The van der Waals surface area contributed by atoms with Gasteiger partial charge in [0, 0.05) is 11.8 Å². The van der Waals surface area contributed by atoms with Crippen molar-refractivity contribution in [2.75, 3.05) is 6.61 Å². The molecule has 3 rings (SSSR count). The zero-order valence-corrected chi connectivity index (χ0v) is 8.72. The lowest BCUT2D eigenvalue weighted by atomic mass is 9.83. The van der Waals surface area contributed by atoms with Crippen LogP contribution >= 0.6 is 0 Å². The van der Waals surface area contributed by atoms with E-state index in [0.717, 1.165) is 0 Å². The number of nitrogens with zero attached hydrogens (tertiary/aromatic N) is 1. The molecule has 0 spiro atoms. The van der Waals surface area contributed by atoms with Crippen molar-refractivity contribution < 1.29 is 22.3 Å². The molecule has 1 saturated heterocycles. The van der Waals surface area contributed by atoms with Gasteiger partial charge in [0.1, 0.15) is 11.0 Å². The Morgan fingerprint density at radius 3 is 2.35 bits per heavy atom. The molecule has 1 aromatic heterocycles. The van der Waals surface area contributed by atoms with E-state index in [4.69, 9.17) is 4.74 Å². The van der Waals surface area contributed by atoms with E-state index in [1.807, 2.05) is 0 Å². The summed E-state index contributed by atoms with van der Waals surface area (Å²) in [5.74, 6) is -0.875. The van der Waals surface area contributed by atoms with Crippen molar-refractivity contribution >= 4 is 0 Å². The summed E-state index contributed by atoms with van der Waals surface area (Å²) in [7, 11) is 0. The summed E-state index contributed by atoms with van der Waals surface area (Å²) in [6.07, 6.45) is -3.18. The molecule has 1 unspecified atom stereocenters. The fraction of sp³-hybridized carbons (Fsp3) is 0.545. The summed E-state index contributed by atoms with van der Waals surface area (Å²) in [4.78, 5) is 3.39. The molecule has 17 heavy (non-hydrogen) atoms. The zero-order chi connectivity index (χ0) is 12.3. The number of epoxide rings is 1. The molecule has 2 fully saturated rings. The van der Waals surface area contributed by atoms with Crippen LogP contribution in [-0.4, -0.2) is 17.8 Å². The number of halogens is 4. The standard InChI is InChI=1S/C11H9F4NO/c12-8-7(2-1-5-16-8)10(6-17-10)9(3-4-9)11(13,14)15/h1-2,5H,3-4,6H2. The molecule has 0 radical (unpaired) electrons. The van der Waals surface area contributed by atoms with Crippen LogP contribution < -0.4 is 0 Å². The quantitative estimate of drug-likeness (QED) is 0.456. The molecule has 1 saturated carbocycles. The van der Waals surface area contributed by atoms with Crippen LogP contribution in [0, 0.1) is 11.4 Å². The molecule has 2 aliphatic rings. The SMILES string of the molecule is Fc1ncccc1C1(C2(C(F)(F)F)CC2)CO1. The second-order valence-corrected chi connectivity index (χ2v) is 4.54. The van der Waals surface area contributed by atoms with E-state index >= 15 is 0 Å². The van der Waals surface area contributed by atoms with Crippen LogP contribution in [-0.2, 0) is 10.3 Å². The van der Waals surface area contributed by atoms with Gasteiger partial charge in [-0.3, -0.25) is 0 Å². The molecule has 0 N–H and O–H groups in total. The van der Waals surface area contributed by atoms with E-state index in [1.165, 1.54) is 18.3 Å². The molecule has 0 aromatic carbocycles. The van der Waals surface area contributed by atoms with Gasteiger partial charge in [0.05, 0.1) is 6.61 Å². The number of aromatic nitrogens is 1. The predicted molar refractivity (Wildman–Crippen MR) is 49.5 cm³/mol. The van der Waals surface area contributed by atoms with Crippen molar-refractivity contribution in [1.82, 2.24) is 4.98 Å². The number of ether oxygens (including phenoxy) is 1. The minimum absolute atomic E-state index is 0.00909. The zero-order valence-electron chi connectivity index (χ0n) is 8.72. The molecule has 1 atom stereocenters. The van der Waals surface area contributed by atoms with E-state index in [-0.39, 0.29) is 25.0 Å². The second kappa shape index (κ2) is 2.98. The Labute approximate surface area is 94.6 Å². The maximum atomic E-state index is 13.5. The van der Waals surface area contributed by atoms with Crippen LogP contribution in [0.25, 0.3) is 0 Å². The molecule has 1 aliphatic carbocycles. The third-order valence-electron chi connectivity index (χ3n) is 3.69. The molecule has 0 amide bonds. The van der Waals surface area contributed by atoms with Gasteiger partial charge in [-0.1, -0.05) is 0 Å². The number of pyridine rings is 1. The Morgan fingerprint density at radius 2 is 1.94 bits per heavy atom. The van der Waals surface area contributed by atoms with Crippen molar-refractivity contribution in [1.29, 1.82) is 0 Å². The van der Waals surface area contributed by atoms with E-state index < -0.39 is 23.1 Å². The Kier molecular flexibility index (Phi) is 1.92. The summed E-state index contributed by atoms with van der Waals surface area (Å²) < 4.78 is 57.6. The highest BCUT2D eigenvalue weighted by Gasteiger charge is 2.80. The van der Waals surface area contributed by atoms with E-state index in [2.05, 4.69) is 4.98 Å². The first-order chi connectivity index (χ1) is 7.93. The third kappa shape index (κ3) is 1.27. The van der Waals surface area contributed by atoms with Gasteiger partial charge in [0.15, 0.2) is 0 Å². The Balaban J connectivity index is 2.07. The topological polar surface area (TPSA) is 25.4 Å². The lowest BCUT2D eigenvalue weighted by molar-refractivity contribution is -0.208. The van der Waals surface area contributed by atoms with Crippen LogP contribution in [0.5, 0.6) is 0 Å². The molecule has 2 heterocycles. The van der Waals surface area contributed by atoms with Gasteiger partial charge >= 0.3 is 6.18 Å². The van der Waals surface area contributed by atoms with E-state index in [0.29, 0.717) is 0 Å². The van der Waals surface area contributed by atoms with Crippen molar-refractivity contribution in [2.24, 2.45) is 5.41 Å². The Hall–Kier alpha value is -1.17. The molecular formula is C11H9F4NO. The maximum Gasteiger partial charge on any atom is 0.397 e. The van der Waals surface area contributed by atoms with Gasteiger partial charge in [0.2, 0.25) is 5.95 Å². The maximum absolute atomic E-state index is 13.5. The number of hydrogen-bond acceptors (Lipinski definition) is 2. The minimum atomic E-state index is -4.37. The van der Waals surface area contributed by atoms with Gasteiger partial charge in [-0.15, -0.1) is 0 Å². The Morgan fingerprint density at radius 1 is 1.29 bits per heavy atom. The van der Waals surface area contributed by atoms with Crippen LogP contribution in [0.1, 0.15) is 18.4 Å². The normalized spacial score (nSPS) is 30.1. The van der Waals surface area contributed by atoms with Gasteiger partial charge in [-0.05, 0) is 25.0 Å². The van der Waals surface area contributed by atoms with Crippen LogP contribution in [0.2, 0.25) is 0 Å². The van der Waals surface area contributed by atoms with Gasteiger partial charge in [-0.2, -0.15) is 17.6 Å². The van der Waals surface area contributed by atoms with E-state index in [9.17, 15) is 17.6 Å². The first kappa shape index (κ1) is 11.0. The molecule has 2 nitrogen and oxygen atoms in total. The lowest BCUT2D eigenvalue weighted by Gasteiger charge is -2.26. The summed E-state index contributed by atoms with van der Waals surface area (Å²) in [6.45, 7) is -0.0882. The largest absolute Gasteiger partial charge is 0.397 e. The fourth-order valence-electron chi connectivity index (χ4n) is 2.49. The number of alkyl halides is 3. The first-order valence-electron chi connectivity index (χ1n) is 5.25. The summed E-state index contributed by atoms with van der Waals surface area (Å²) in [5, 5.41) is 0. The highest BCUT2D eigenvalue weighted by molar-refractivity contribution is 5.33. The monoisotopic (exact) mass is 247 g/mol. The number of hydrogen-bond donors (Lipinski definition) is 0. The first-order valence-corrected chi connectivity index (χ1v) is 5.25. The van der Waals surface area contributed by atoms with Crippen LogP contribution in [0.15, 0.2) is 18.3 Å². The molecule has 0 bridgehead atoms. The van der Waals surface area contributed by atoms with Crippen molar-refractivity contribution in [3.8, 4) is 0 Å². The molecule has 1 aromatic rings. The molecule has 92 valence electrons. The van der Waals surface area contributed by atoms with Gasteiger partial charge in [0.25, 0.3) is 0 Å². The average molecular weight is 247 g/mol. The summed E-state index contributed by atoms with van der Waals surface area (Å²) in [5.41, 5.74) is -3.53. The smallest absolute Gasteiger partial charge is 0.363 e. The highest BCUT2D eigenvalue weighted by Crippen LogP contribution is 2.72. The average Bonchev–Trinajstić information content (AvgIpc) is 3.11. The molecule has 1 aliphatic heterocycles. The van der Waals surface area contributed by atoms with Crippen molar-refractivity contribution in [3.05, 3.63) is 29.8 Å². The number of rotatable bonds is 2. The highest BCUT2D eigenvalue weighted by atomic mass is 19.4. The Bertz CT molecular complexity index is 463. The lowest BCUT2D eigenvalue weighted by Crippen LogP contribution is -2.38. The van der Waals surface area contributed by atoms with Crippen LogP contribution in [0.3, 0.4) is 0 Å². The fourth-order valence-corrected chi connectivity index (χ4v) is 2.49. The molecule has 6 heteroatoms. The van der Waals surface area contributed by atoms with Crippen LogP contribution in [0.4, 0.5) is 17.6 Å². The summed E-state index contributed by atoms with van der Waals surface area (Å²) in [6, 6.07) is 2.75. The summed E-state index contributed by atoms with van der Waals surface area (Å²) >= 11 is 0. The predicted octanol–water partition coefficient (Wildman–Crippen LogP) is 2.79. The second-order valence-electron chi connectivity index (χ2n) is 4.54. The van der Waals surface area contributed by atoms with E-state index in [1.54, 1.807) is 0 Å². The molecular weight excluding hydrogens is 238 g/mol. The van der Waals surface area contributed by atoms with Gasteiger partial charge < -0.3 is 4.74 Å².